The Balaban J connectivity index is 1.62. The summed E-state index contributed by atoms with van der Waals surface area (Å²) in [5, 5.41) is 3.11. The Morgan fingerprint density at radius 3 is 2.54 bits per heavy atom. The molecule has 0 aliphatic heterocycles. The van der Waals surface area contributed by atoms with E-state index in [1.807, 2.05) is 31.2 Å². The van der Waals surface area contributed by atoms with Gasteiger partial charge in [0.25, 0.3) is 5.56 Å². The SMILES string of the molecule is CCOC(=O)c1cccc(NC(=O)NNc2nc3ccccc3c(=O)n2-c2ccccc2CC)c1. The summed E-state index contributed by atoms with van der Waals surface area (Å²) in [6, 6.07) is 20.3. The number of aryl methyl sites for hydroxylation is 1. The van der Waals surface area contributed by atoms with Crippen molar-refractivity contribution in [3.63, 3.8) is 0 Å². The highest BCUT2D eigenvalue weighted by atomic mass is 16.5. The number of aromatic nitrogens is 2. The van der Waals surface area contributed by atoms with Gasteiger partial charge in [-0.3, -0.25) is 10.2 Å². The highest BCUT2D eigenvalue weighted by molar-refractivity contribution is 5.94. The molecular formula is C26H25N5O4. The molecule has 0 atom stereocenters. The van der Waals surface area contributed by atoms with Crippen molar-refractivity contribution < 1.29 is 14.3 Å². The van der Waals surface area contributed by atoms with Gasteiger partial charge in [-0.25, -0.2) is 24.6 Å². The molecule has 0 unspecified atom stereocenters. The van der Waals surface area contributed by atoms with Crippen LogP contribution in [0.1, 0.15) is 29.8 Å². The van der Waals surface area contributed by atoms with Crippen molar-refractivity contribution in [3.05, 3.63) is 94.3 Å². The average molecular weight is 472 g/mol. The number of hydrogen-bond acceptors (Lipinski definition) is 6. The van der Waals surface area contributed by atoms with Crippen LogP contribution in [0.5, 0.6) is 0 Å². The van der Waals surface area contributed by atoms with Gasteiger partial charge < -0.3 is 10.1 Å². The number of nitrogens with zero attached hydrogens (tertiary/aromatic N) is 2. The summed E-state index contributed by atoms with van der Waals surface area (Å²) in [5.74, 6) is -0.321. The third kappa shape index (κ3) is 5.14. The van der Waals surface area contributed by atoms with E-state index in [-0.39, 0.29) is 18.1 Å². The smallest absolute Gasteiger partial charge is 0.338 e. The Bertz CT molecular complexity index is 1450. The van der Waals surface area contributed by atoms with Crippen LogP contribution < -0.4 is 21.7 Å². The van der Waals surface area contributed by atoms with E-state index in [9.17, 15) is 14.4 Å². The number of nitrogens with one attached hydrogen (secondary N) is 3. The van der Waals surface area contributed by atoms with Gasteiger partial charge in [0.1, 0.15) is 0 Å². The van der Waals surface area contributed by atoms with E-state index in [4.69, 9.17) is 4.74 Å². The maximum Gasteiger partial charge on any atom is 0.338 e. The summed E-state index contributed by atoms with van der Waals surface area (Å²) in [7, 11) is 0. The molecule has 0 aliphatic carbocycles. The monoisotopic (exact) mass is 471 g/mol. The first kappa shape index (κ1) is 23.5. The molecule has 4 rings (SSSR count). The highest BCUT2D eigenvalue weighted by Gasteiger charge is 2.16. The van der Waals surface area contributed by atoms with Crippen molar-refractivity contribution >= 4 is 34.5 Å². The van der Waals surface area contributed by atoms with Gasteiger partial charge in [0.05, 0.1) is 28.8 Å². The van der Waals surface area contributed by atoms with Crippen molar-refractivity contribution in [2.75, 3.05) is 17.3 Å². The topological polar surface area (TPSA) is 114 Å². The quantitative estimate of drug-likeness (QED) is 0.274. The fourth-order valence-corrected chi connectivity index (χ4v) is 3.68. The van der Waals surface area contributed by atoms with Crippen molar-refractivity contribution in [2.24, 2.45) is 0 Å². The molecule has 35 heavy (non-hydrogen) atoms. The number of esters is 1. The van der Waals surface area contributed by atoms with Crippen LogP contribution in [0.25, 0.3) is 16.6 Å². The van der Waals surface area contributed by atoms with Gasteiger partial charge >= 0.3 is 12.0 Å². The van der Waals surface area contributed by atoms with Gasteiger partial charge in [-0.15, -0.1) is 0 Å². The minimum Gasteiger partial charge on any atom is -0.462 e. The number of ether oxygens (including phenoxy) is 1. The lowest BCUT2D eigenvalue weighted by molar-refractivity contribution is 0.0526. The van der Waals surface area contributed by atoms with E-state index in [1.165, 1.54) is 10.6 Å². The Morgan fingerprint density at radius 1 is 0.971 bits per heavy atom. The number of urea groups is 1. The first-order valence-corrected chi connectivity index (χ1v) is 11.2. The molecule has 1 aromatic heterocycles. The summed E-state index contributed by atoms with van der Waals surface area (Å²) < 4.78 is 6.44. The molecule has 0 saturated heterocycles. The first-order valence-electron chi connectivity index (χ1n) is 11.2. The van der Waals surface area contributed by atoms with Crippen molar-refractivity contribution in [1.29, 1.82) is 0 Å². The number of carbonyl (C=O) groups is 2. The molecule has 9 nitrogen and oxygen atoms in total. The lowest BCUT2D eigenvalue weighted by Gasteiger charge is -2.17. The zero-order valence-corrected chi connectivity index (χ0v) is 19.4. The minimum absolute atomic E-state index is 0.157. The van der Waals surface area contributed by atoms with Crippen LogP contribution in [-0.4, -0.2) is 28.2 Å². The standard InChI is InChI=1S/C26H25N5O4/c1-3-17-10-5-8-15-22(17)31-23(32)20-13-6-7-14-21(20)28-25(31)29-30-26(34)27-19-12-9-11-18(16-19)24(33)35-4-2/h5-16H,3-4H2,1-2H3,(H,28,29)(H2,27,30,34). The molecule has 0 fully saturated rings. The van der Waals surface area contributed by atoms with Gasteiger partial charge in [-0.1, -0.05) is 43.3 Å². The lowest BCUT2D eigenvalue weighted by atomic mass is 10.1. The Hall–Kier alpha value is -4.66. The van der Waals surface area contributed by atoms with E-state index in [1.54, 1.807) is 49.4 Å². The van der Waals surface area contributed by atoms with Gasteiger partial charge in [-0.05, 0) is 55.3 Å². The third-order valence-corrected chi connectivity index (χ3v) is 5.31. The van der Waals surface area contributed by atoms with E-state index in [0.717, 1.165) is 5.56 Å². The van der Waals surface area contributed by atoms with E-state index < -0.39 is 12.0 Å². The molecule has 178 valence electrons. The summed E-state index contributed by atoms with van der Waals surface area (Å²) >= 11 is 0. The number of hydrazine groups is 1. The molecule has 2 amide bonds. The fourth-order valence-electron chi connectivity index (χ4n) is 3.68. The molecular weight excluding hydrogens is 446 g/mol. The summed E-state index contributed by atoms with van der Waals surface area (Å²) in [5.41, 5.74) is 7.87. The molecule has 3 N–H and O–H groups in total. The van der Waals surface area contributed by atoms with Crippen molar-refractivity contribution in [1.82, 2.24) is 15.0 Å². The minimum atomic E-state index is -0.608. The summed E-state index contributed by atoms with van der Waals surface area (Å²) in [6.45, 7) is 3.97. The summed E-state index contributed by atoms with van der Waals surface area (Å²) in [6.07, 6.45) is 0.708. The van der Waals surface area contributed by atoms with Crippen molar-refractivity contribution in [2.45, 2.75) is 20.3 Å². The molecule has 0 spiro atoms. The number of hydrogen-bond donors (Lipinski definition) is 3. The molecule has 0 aliphatic rings. The number of rotatable bonds is 7. The van der Waals surface area contributed by atoms with Crippen LogP contribution in [0.3, 0.4) is 0 Å². The van der Waals surface area contributed by atoms with Crippen molar-refractivity contribution in [3.8, 4) is 5.69 Å². The molecule has 0 bridgehead atoms. The number of fused-ring (bicyclic) bond motifs is 1. The predicted octanol–water partition coefficient (Wildman–Crippen LogP) is 4.27. The van der Waals surface area contributed by atoms with Crippen LogP contribution in [0.2, 0.25) is 0 Å². The molecule has 0 saturated carbocycles. The highest BCUT2D eigenvalue weighted by Crippen LogP contribution is 2.20. The molecule has 9 heteroatoms. The predicted molar refractivity (Wildman–Crippen MR) is 135 cm³/mol. The summed E-state index contributed by atoms with van der Waals surface area (Å²) in [4.78, 5) is 42.5. The van der Waals surface area contributed by atoms with Crippen LogP contribution in [0.4, 0.5) is 16.4 Å². The molecule has 3 aromatic carbocycles. The average Bonchev–Trinajstić information content (AvgIpc) is 2.88. The number of carbonyl (C=O) groups excluding carboxylic acids is 2. The molecule has 4 aromatic rings. The van der Waals surface area contributed by atoms with Crippen LogP contribution in [-0.2, 0) is 11.2 Å². The maximum atomic E-state index is 13.4. The third-order valence-electron chi connectivity index (χ3n) is 5.31. The second-order valence-corrected chi connectivity index (χ2v) is 7.58. The van der Waals surface area contributed by atoms with E-state index in [0.29, 0.717) is 34.3 Å². The van der Waals surface area contributed by atoms with Gasteiger partial charge in [0, 0.05) is 5.69 Å². The van der Waals surface area contributed by atoms with Crippen LogP contribution in [0, 0.1) is 0 Å². The van der Waals surface area contributed by atoms with E-state index in [2.05, 4.69) is 21.2 Å². The second kappa shape index (κ2) is 10.5. The van der Waals surface area contributed by atoms with Gasteiger partial charge in [-0.2, -0.15) is 0 Å². The zero-order valence-electron chi connectivity index (χ0n) is 19.4. The van der Waals surface area contributed by atoms with Gasteiger partial charge in [0.2, 0.25) is 5.95 Å². The largest absolute Gasteiger partial charge is 0.462 e. The Morgan fingerprint density at radius 2 is 1.74 bits per heavy atom. The van der Waals surface area contributed by atoms with Crippen LogP contribution >= 0.6 is 0 Å². The van der Waals surface area contributed by atoms with Crippen LogP contribution in [0.15, 0.2) is 77.6 Å². The lowest BCUT2D eigenvalue weighted by Crippen LogP contribution is -2.37. The normalized spacial score (nSPS) is 10.6. The Kier molecular flexibility index (Phi) is 7.06. The molecule has 1 heterocycles. The maximum absolute atomic E-state index is 13.4. The van der Waals surface area contributed by atoms with Gasteiger partial charge in [0.15, 0.2) is 0 Å². The molecule has 0 radical (unpaired) electrons. The van der Waals surface area contributed by atoms with E-state index >= 15 is 0 Å². The zero-order chi connectivity index (χ0) is 24.8. The number of para-hydroxylation sites is 2. The number of anilines is 2. The number of benzene rings is 3. The number of amides is 2. The fraction of sp³-hybridized carbons (Fsp3) is 0.154. The second-order valence-electron chi connectivity index (χ2n) is 7.58. The first-order chi connectivity index (χ1) is 17.0. The Labute approximate surface area is 201 Å².